The highest BCUT2D eigenvalue weighted by molar-refractivity contribution is 7.99. The van der Waals surface area contributed by atoms with Gasteiger partial charge in [-0.05, 0) is 105 Å². The first-order valence-corrected chi connectivity index (χ1v) is 16.1. The number of rotatable bonds is 7. The van der Waals surface area contributed by atoms with E-state index in [1.54, 1.807) is 22.9 Å². The maximum absolute atomic E-state index is 4.19. The molecule has 1 saturated carbocycles. The number of benzene rings is 2. The fourth-order valence-electron chi connectivity index (χ4n) is 8.18. The number of hydrogen-bond acceptors (Lipinski definition) is 5. The normalized spacial score (nSPS) is 25.0. The van der Waals surface area contributed by atoms with Crippen molar-refractivity contribution >= 4 is 17.4 Å². The van der Waals surface area contributed by atoms with Gasteiger partial charge < -0.3 is 15.1 Å². The number of piperidine rings is 1. The summed E-state index contributed by atoms with van der Waals surface area (Å²) in [7, 11) is 0. The molecule has 2 saturated heterocycles. The summed E-state index contributed by atoms with van der Waals surface area (Å²) in [4.78, 5) is 12.0. The van der Waals surface area contributed by atoms with Gasteiger partial charge in [-0.3, -0.25) is 4.98 Å². The Morgan fingerprint density at radius 3 is 2.28 bits per heavy atom. The molecule has 4 aliphatic rings. The Labute approximate surface area is 238 Å². The fraction of sp³-hybridized carbons (Fsp3) is 0.500. The zero-order valence-corrected chi connectivity index (χ0v) is 23.9. The smallest absolute Gasteiger partial charge is 0.0495 e. The van der Waals surface area contributed by atoms with Gasteiger partial charge in [0.25, 0.3) is 0 Å². The Morgan fingerprint density at radius 2 is 1.51 bits per heavy atom. The second kappa shape index (κ2) is 11.3. The van der Waals surface area contributed by atoms with Gasteiger partial charge in [-0.2, -0.15) is 0 Å². The van der Waals surface area contributed by atoms with E-state index >= 15 is 0 Å². The highest BCUT2D eigenvalue weighted by Crippen LogP contribution is 2.50. The van der Waals surface area contributed by atoms with E-state index in [2.05, 4.69) is 80.8 Å². The van der Waals surface area contributed by atoms with Crippen LogP contribution in [0.4, 0.5) is 5.69 Å². The van der Waals surface area contributed by atoms with Gasteiger partial charge in [0, 0.05) is 65.5 Å². The highest BCUT2D eigenvalue weighted by Gasteiger charge is 2.50. The Bertz CT molecular complexity index is 1230. The molecule has 0 spiro atoms. The van der Waals surface area contributed by atoms with E-state index in [1.807, 2.05) is 12.4 Å². The predicted molar refractivity (Wildman–Crippen MR) is 161 cm³/mol. The number of nitrogens with zero attached hydrogens (tertiary/aromatic N) is 3. The van der Waals surface area contributed by atoms with Crippen molar-refractivity contribution in [1.29, 1.82) is 0 Å². The number of aromatic nitrogens is 1. The Hall–Kier alpha value is -2.34. The number of nitrogens with one attached hydrogen (secondary N) is 1. The van der Waals surface area contributed by atoms with Crippen molar-refractivity contribution in [2.75, 3.05) is 44.2 Å². The van der Waals surface area contributed by atoms with Crippen LogP contribution < -0.4 is 10.2 Å². The first kappa shape index (κ1) is 25.6. The monoisotopic (exact) mass is 538 g/mol. The molecule has 39 heavy (non-hydrogen) atoms. The molecule has 4 heterocycles. The summed E-state index contributed by atoms with van der Waals surface area (Å²) >= 11 is 1.80. The summed E-state index contributed by atoms with van der Waals surface area (Å²) < 4.78 is 0. The predicted octanol–water partition coefficient (Wildman–Crippen LogP) is 6.61. The molecule has 7 rings (SSSR count). The molecule has 0 amide bonds. The number of likely N-dealkylation sites (tertiary alicyclic amines) is 1. The van der Waals surface area contributed by atoms with Crippen molar-refractivity contribution in [3.05, 3.63) is 84.2 Å². The molecule has 4 nitrogen and oxygen atoms in total. The quantitative estimate of drug-likeness (QED) is 0.366. The average molecular weight is 539 g/mol. The van der Waals surface area contributed by atoms with Crippen LogP contribution >= 0.6 is 11.8 Å². The van der Waals surface area contributed by atoms with Gasteiger partial charge in [-0.1, -0.05) is 48.9 Å². The standard InChI is InChI=1S/C34H42N4S/c1-4-8-33-27(5-1)13-20-36-34(33,28-6-2-3-7-28)29-16-21-37(22-17-29)23-26-24-38(25-26)30-9-11-31(12-10-30)39-32-14-18-35-19-15-32/h1,4-5,8-12,14-15,18-19,26,28-29,36H,2-3,6-7,13,16-17,20-25H2. The minimum absolute atomic E-state index is 0.215. The van der Waals surface area contributed by atoms with E-state index in [0.29, 0.717) is 0 Å². The summed E-state index contributed by atoms with van der Waals surface area (Å²) in [6.07, 6.45) is 13.2. The van der Waals surface area contributed by atoms with Crippen LogP contribution in [0.2, 0.25) is 0 Å². The lowest BCUT2D eigenvalue weighted by Crippen LogP contribution is -2.59. The van der Waals surface area contributed by atoms with Crippen LogP contribution in [0.25, 0.3) is 0 Å². The zero-order valence-electron chi connectivity index (χ0n) is 23.1. The van der Waals surface area contributed by atoms with E-state index in [0.717, 1.165) is 24.3 Å². The first-order valence-electron chi connectivity index (χ1n) is 15.3. The number of fused-ring (bicyclic) bond motifs is 1. The van der Waals surface area contributed by atoms with Crippen molar-refractivity contribution in [2.24, 2.45) is 17.8 Å². The van der Waals surface area contributed by atoms with Crippen molar-refractivity contribution in [3.63, 3.8) is 0 Å². The topological polar surface area (TPSA) is 31.4 Å². The van der Waals surface area contributed by atoms with E-state index in [-0.39, 0.29) is 5.54 Å². The third-order valence-electron chi connectivity index (χ3n) is 10.1. The molecule has 5 heteroatoms. The summed E-state index contributed by atoms with van der Waals surface area (Å²) in [6, 6.07) is 22.7. The third kappa shape index (κ3) is 5.14. The molecule has 1 unspecified atom stereocenters. The largest absolute Gasteiger partial charge is 0.371 e. The lowest BCUT2D eigenvalue weighted by Gasteiger charge is -2.53. The summed E-state index contributed by atoms with van der Waals surface area (Å²) in [6.45, 7) is 7.32. The molecular formula is C34H42N4S. The van der Waals surface area contributed by atoms with Crippen LogP contribution in [0.1, 0.15) is 49.7 Å². The molecule has 0 bridgehead atoms. The van der Waals surface area contributed by atoms with Gasteiger partial charge >= 0.3 is 0 Å². The number of hydrogen-bond donors (Lipinski definition) is 1. The van der Waals surface area contributed by atoms with Crippen LogP contribution in [-0.4, -0.2) is 49.2 Å². The van der Waals surface area contributed by atoms with Gasteiger partial charge in [0.05, 0.1) is 0 Å². The summed E-state index contributed by atoms with van der Waals surface area (Å²) in [5, 5.41) is 4.19. The van der Waals surface area contributed by atoms with Gasteiger partial charge in [0.2, 0.25) is 0 Å². The van der Waals surface area contributed by atoms with Gasteiger partial charge in [-0.15, -0.1) is 0 Å². The van der Waals surface area contributed by atoms with Crippen molar-refractivity contribution in [3.8, 4) is 0 Å². The summed E-state index contributed by atoms with van der Waals surface area (Å²) in [5.41, 5.74) is 4.85. The molecule has 1 aromatic heterocycles. The fourth-order valence-corrected chi connectivity index (χ4v) is 8.99. The zero-order chi connectivity index (χ0) is 26.1. The van der Waals surface area contributed by atoms with Gasteiger partial charge in [-0.25, -0.2) is 0 Å². The van der Waals surface area contributed by atoms with Gasteiger partial charge in [0.15, 0.2) is 0 Å². The van der Waals surface area contributed by atoms with Crippen molar-refractivity contribution in [2.45, 2.75) is 60.3 Å². The SMILES string of the molecule is c1ccc2c(c1)CCNC2(C1CCCC1)C1CCN(CC2CN(c3ccc(Sc4ccncc4)cc3)C2)CC1. The second-order valence-electron chi connectivity index (χ2n) is 12.3. The molecule has 3 aliphatic heterocycles. The molecule has 204 valence electrons. The molecule has 0 radical (unpaired) electrons. The Balaban J connectivity index is 0.937. The number of anilines is 1. The minimum Gasteiger partial charge on any atom is -0.371 e. The van der Waals surface area contributed by atoms with E-state index in [1.165, 1.54) is 93.1 Å². The van der Waals surface area contributed by atoms with Crippen LogP contribution in [0, 0.1) is 17.8 Å². The maximum Gasteiger partial charge on any atom is 0.0495 e. The molecule has 1 N–H and O–H groups in total. The van der Waals surface area contributed by atoms with Crippen LogP contribution in [0.3, 0.4) is 0 Å². The van der Waals surface area contributed by atoms with Gasteiger partial charge in [0.1, 0.15) is 0 Å². The lowest BCUT2D eigenvalue weighted by atomic mass is 9.63. The Morgan fingerprint density at radius 1 is 0.821 bits per heavy atom. The maximum atomic E-state index is 4.19. The van der Waals surface area contributed by atoms with Crippen LogP contribution in [-0.2, 0) is 12.0 Å². The van der Waals surface area contributed by atoms with E-state index < -0.39 is 0 Å². The van der Waals surface area contributed by atoms with E-state index in [4.69, 9.17) is 0 Å². The molecule has 3 fully saturated rings. The minimum atomic E-state index is 0.215. The third-order valence-corrected chi connectivity index (χ3v) is 11.1. The molecule has 1 aliphatic carbocycles. The lowest BCUT2D eigenvalue weighted by molar-refractivity contribution is 0.0492. The molecular weight excluding hydrogens is 496 g/mol. The Kier molecular flexibility index (Phi) is 7.40. The molecule has 3 aromatic rings. The van der Waals surface area contributed by atoms with Crippen LogP contribution in [0.5, 0.6) is 0 Å². The van der Waals surface area contributed by atoms with Crippen molar-refractivity contribution < 1.29 is 0 Å². The molecule has 1 atom stereocenters. The second-order valence-corrected chi connectivity index (χ2v) is 13.5. The number of pyridine rings is 1. The first-order chi connectivity index (χ1) is 19.3. The van der Waals surface area contributed by atoms with Crippen molar-refractivity contribution in [1.82, 2.24) is 15.2 Å². The van der Waals surface area contributed by atoms with Crippen LogP contribution in [0.15, 0.2) is 82.8 Å². The summed E-state index contributed by atoms with van der Waals surface area (Å²) in [5.74, 6) is 2.37. The van der Waals surface area contributed by atoms with E-state index in [9.17, 15) is 0 Å². The average Bonchev–Trinajstić information content (AvgIpc) is 3.52. The molecule has 2 aromatic carbocycles. The highest BCUT2D eigenvalue weighted by atomic mass is 32.2.